The van der Waals surface area contributed by atoms with E-state index in [0.717, 1.165) is 0 Å². The van der Waals surface area contributed by atoms with Crippen molar-refractivity contribution in [2.24, 2.45) is 5.73 Å². The van der Waals surface area contributed by atoms with Crippen molar-refractivity contribution >= 4 is 9.84 Å². The highest BCUT2D eigenvalue weighted by Gasteiger charge is 2.40. The first kappa shape index (κ1) is 11.8. The van der Waals surface area contributed by atoms with Gasteiger partial charge >= 0.3 is 0 Å². The van der Waals surface area contributed by atoms with Gasteiger partial charge in [-0.25, -0.2) is 8.42 Å². The molecule has 0 aromatic heterocycles. The first-order valence-corrected chi connectivity index (χ1v) is 5.37. The summed E-state index contributed by atoms with van der Waals surface area (Å²) < 4.78 is 27.1. The third-order valence-electron chi connectivity index (χ3n) is 1.49. The number of nitrogens with two attached hydrogens (primary N) is 1. The fourth-order valence-corrected chi connectivity index (χ4v) is 1.73. The molecule has 0 fully saturated rings. The zero-order valence-electron chi connectivity index (χ0n) is 7.28. The molecule has 0 aliphatic carbocycles. The van der Waals surface area contributed by atoms with Crippen LogP contribution in [0.15, 0.2) is 0 Å². The minimum Gasteiger partial charge on any atom is -0.352 e. The van der Waals surface area contributed by atoms with Gasteiger partial charge in [0, 0.05) is 6.61 Å². The zero-order chi connectivity index (χ0) is 9.83. The van der Waals surface area contributed by atoms with Crippen molar-refractivity contribution in [1.82, 2.24) is 0 Å². The Balaban J connectivity index is 4.75. The number of rotatable bonds is 5. The van der Waals surface area contributed by atoms with Gasteiger partial charge in [0.15, 0.2) is 0 Å². The normalized spacial score (nSPS) is 17.3. The van der Waals surface area contributed by atoms with Gasteiger partial charge in [-0.15, -0.1) is 0 Å². The molecular weight excluding hydrogens is 182 g/mol. The Morgan fingerprint density at radius 1 is 1.50 bits per heavy atom. The summed E-state index contributed by atoms with van der Waals surface area (Å²) in [6.45, 7) is 2.67. The van der Waals surface area contributed by atoms with Crippen molar-refractivity contribution in [2.75, 3.05) is 18.9 Å². The topological polar surface area (TPSA) is 89.6 Å². The van der Waals surface area contributed by atoms with E-state index in [-0.39, 0.29) is 12.4 Å². The van der Waals surface area contributed by atoms with Crippen LogP contribution in [0, 0.1) is 0 Å². The van der Waals surface area contributed by atoms with Crippen LogP contribution in [0.5, 0.6) is 0 Å². The number of ether oxygens (including phenoxy) is 1. The van der Waals surface area contributed by atoms with Crippen LogP contribution in [0.1, 0.15) is 13.8 Å². The lowest BCUT2D eigenvalue weighted by Crippen LogP contribution is -2.48. The maximum atomic E-state index is 11.2. The molecule has 0 aliphatic heterocycles. The molecule has 6 heteroatoms. The second-order valence-corrected chi connectivity index (χ2v) is 4.70. The lowest BCUT2D eigenvalue weighted by Gasteiger charge is -2.24. The van der Waals surface area contributed by atoms with Crippen LogP contribution >= 0.6 is 0 Å². The molecule has 5 nitrogen and oxygen atoms in total. The molecule has 0 heterocycles. The van der Waals surface area contributed by atoms with Crippen LogP contribution in [0.4, 0.5) is 0 Å². The smallest absolute Gasteiger partial charge is 0.284 e. The Labute approximate surface area is 72.4 Å². The minimum atomic E-state index is -3.66. The molecule has 0 spiro atoms. The van der Waals surface area contributed by atoms with Gasteiger partial charge in [0.25, 0.3) is 5.12 Å². The molecule has 0 amide bonds. The van der Waals surface area contributed by atoms with Crippen LogP contribution in [0.25, 0.3) is 0 Å². The quantitative estimate of drug-likeness (QED) is 0.555. The van der Waals surface area contributed by atoms with E-state index < -0.39 is 21.5 Å². The zero-order valence-corrected chi connectivity index (χ0v) is 8.10. The van der Waals surface area contributed by atoms with Crippen molar-refractivity contribution in [3.8, 4) is 0 Å². The van der Waals surface area contributed by atoms with Gasteiger partial charge in [-0.1, -0.05) is 6.92 Å². The summed E-state index contributed by atoms with van der Waals surface area (Å²) in [5.41, 5.74) is 5.10. The average molecular weight is 197 g/mol. The van der Waals surface area contributed by atoms with Crippen LogP contribution in [0.3, 0.4) is 0 Å². The Morgan fingerprint density at radius 3 is 2.25 bits per heavy atom. The molecule has 74 valence electrons. The SMILES string of the molecule is CCOC(O)(CN)S(=O)(=O)CC. The van der Waals surface area contributed by atoms with E-state index in [2.05, 4.69) is 4.74 Å². The van der Waals surface area contributed by atoms with Gasteiger partial charge in [-0.05, 0) is 6.92 Å². The van der Waals surface area contributed by atoms with Crippen LogP contribution < -0.4 is 5.73 Å². The fraction of sp³-hybridized carbons (Fsp3) is 1.00. The molecule has 0 aromatic rings. The van der Waals surface area contributed by atoms with Gasteiger partial charge in [0.1, 0.15) is 0 Å². The van der Waals surface area contributed by atoms with E-state index in [1.807, 2.05) is 0 Å². The monoisotopic (exact) mass is 197 g/mol. The van der Waals surface area contributed by atoms with E-state index in [4.69, 9.17) is 5.73 Å². The van der Waals surface area contributed by atoms with E-state index in [1.54, 1.807) is 6.92 Å². The molecule has 0 aromatic carbocycles. The second kappa shape index (κ2) is 4.18. The fourth-order valence-electron chi connectivity index (χ4n) is 0.727. The van der Waals surface area contributed by atoms with E-state index in [0.29, 0.717) is 0 Å². The Morgan fingerprint density at radius 2 is 2.00 bits per heavy atom. The summed E-state index contributed by atoms with van der Waals surface area (Å²) >= 11 is 0. The van der Waals surface area contributed by atoms with E-state index in [1.165, 1.54) is 6.92 Å². The molecule has 0 bridgehead atoms. The molecule has 0 saturated heterocycles. The third kappa shape index (κ3) is 2.16. The summed E-state index contributed by atoms with van der Waals surface area (Å²) in [6.07, 6.45) is 0. The average Bonchev–Trinajstić information content (AvgIpc) is 2.04. The summed E-state index contributed by atoms with van der Waals surface area (Å²) in [5, 5.41) is 7.20. The molecule has 0 rings (SSSR count). The van der Waals surface area contributed by atoms with Gasteiger partial charge in [-0.3, -0.25) is 0 Å². The van der Waals surface area contributed by atoms with Crippen molar-refractivity contribution in [3.63, 3.8) is 0 Å². The first-order chi connectivity index (χ1) is 5.43. The number of hydrogen-bond donors (Lipinski definition) is 2. The summed E-state index contributed by atoms with van der Waals surface area (Å²) in [6, 6.07) is 0. The van der Waals surface area contributed by atoms with Gasteiger partial charge in [0.2, 0.25) is 9.84 Å². The molecule has 0 saturated carbocycles. The number of hydrogen-bond acceptors (Lipinski definition) is 5. The predicted molar refractivity (Wildman–Crippen MR) is 45.1 cm³/mol. The molecule has 0 aliphatic rings. The lowest BCUT2D eigenvalue weighted by atomic mass is 10.6. The minimum absolute atomic E-state index is 0.104. The van der Waals surface area contributed by atoms with Gasteiger partial charge in [-0.2, -0.15) is 0 Å². The van der Waals surface area contributed by atoms with Crippen molar-refractivity contribution in [2.45, 2.75) is 19.0 Å². The molecule has 12 heavy (non-hydrogen) atoms. The highest BCUT2D eigenvalue weighted by molar-refractivity contribution is 7.92. The van der Waals surface area contributed by atoms with Crippen molar-refractivity contribution < 1.29 is 18.3 Å². The molecule has 0 radical (unpaired) electrons. The Kier molecular flexibility index (Phi) is 4.12. The first-order valence-electron chi connectivity index (χ1n) is 3.72. The maximum Gasteiger partial charge on any atom is 0.284 e. The summed E-state index contributed by atoms with van der Waals surface area (Å²) in [7, 11) is -3.66. The van der Waals surface area contributed by atoms with Gasteiger partial charge in [0.05, 0.1) is 12.3 Å². The van der Waals surface area contributed by atoms with Crippen LogP contribution in [0.2, 0.25) is 0 Å². The van der Waals surface area contributed by atoms with Gasteiger partial charge < -0.3 is 15.6 Å². The maximum absolute atomic E-state index is 11.2. The number of sulfone groups is 1. The van der Waals surface area contributed by atoms with E-state index >= 15 is 0 Å². The molecule has 1 unspecified atom stereocenters. The molecule has 1 atom stereocenters. The standard InChI is InChI=1S/C6H15NO4S/c1-3-11-6(8,5-7)12(9,10)4-2/h8H,3-5,7H2,1-2H3. The Bertz CT molecular complexity index is 226. The van der Waals surface area contributed by atoms with Crippen LogP contribution in [-0.4, -0.2) is 37.5 Å². The third-order valence-corrected chi connectivity index (χ3v) is 3.51. The largest absolute Gasteiger partial charge is 0.352 e. The second-order valence-electron chi connectivity index (χ2n) is 2.25. The van der Waals surface area contributed by atoms with Crippen molar-refractivity contribution in [1.29, 1.82) is 0 Å². The van der Waals surface area contributed by atoms with Crippen LogP contribution in [-0.2, 0) is 14.6 Å². The molecule has 3 N–H and O–H groups in total. The van der Waals surface area contributed by atoms with Crippen molar-refractivity contribution in [3.05, 3.63) is 0 Å². The predicted octanol–water partition coefficient (Wildman–Crippen LogP) is -0.938. The highest BCUT2D eigenvalue weighted by atomic mass is 32.2. The summed E-state index contributed by atoms with van der Waals surface area (Å²) in [4.78, 5) is 0. The summed E-state index contributed by atoms with van der Waals surface area (Å²) in [5.74, 6) is -0.194. The Hall–Kier alpha value is -0.170. The number of aliphatic hydroxyl groups is 1. The van der Waals surface area contributed by atoms with E-state index in [9.17, 15) is 13.5 Å². The highest BCUT2D eigenvalue weighted by Crippen LogP contribution is 2.14. The lowest BCUT2D eigenvalue weighted by molar-refractivity contribution is -0.126. The molecular formula is C6H15NO4S.